The van der Waals surface area contributed by atoms with Crippen molar-refractivity contribution in [3.63, 3.8) is 0 Å². The van der Waals surface area contributed by atoms with Crippen molar-refractivity contribution >= 4 is 11.7 Å². The molecule has 3 heterocycles. The van der Waals surface area contributed by atoms with Crippen LogP contribution in [0.1, 0.15) is 34.9 Å². The van der Waals surface area contributed by atoms with Gasteiger partial charge in [0, 0.05) is 18.9 Å². The molecule has 0 spiro atoms. The Labute approximate surface area is 133 Å². The zero-order valence-electron chi connectivity index (χ0n) is 12.4. The van der Waals surface area contributed by atoms with Gasteiger partial charge >= 0.3 is 0 Å². The van der Waals surface area contributed by atoms with Crippen LogP contribution in [0.4, 0.5) is 5.82 Å². The van der Waals surface area contributed by atoms with Gasteiger partial charge in [-0.05, 0) is 30.5 Å². The van der Waals surface area contributed by atoms with Crippen LogP contribution in [-0.4, -0.2) is 34.1 Å². The summed E-state index contributed by atoms with van der Waals surface area (Å²) in [6.07, 6.45) is 4.79. The van der Waals surface area contributed by atoms with Crippen molar-refractivity contribution < 1.29 is 14.3 Å². The first-order chi connectivity index (χ1) is 11.2. The molecule has 1 aromatic carbocycles. The summed E-state index contributed by atoms with van der Waals surface area (Å²) in [4.78, 5) is 22.6. The largest absolute Gasteiger partial charge is 0.454 e. The fourth-order valence-electron chi connectivity index (χ4n) is 3.13. The van der Waals surface area contributed by atoms with Gasteiger partial charge in [-0.1, -0.05) is 6.07 Å². The number of carbonyl (C=O) groups is 1. The van der Waals surface area contributed by atoms with E-state index in [1.165, 1.54) is 12.4 Å². The molecule has 1 unspecified atom stereocenters. The minimum Gasteiger partial charge on any atom is -0.454 e. The predicted octanol–water partition coefficient (Wildman–Crippen LogP) is 1.76. The molecule has 7 heteroatoms. The van der Waals surface area contributed by atoms with Crippen molar-refractivity contribution in [2.75, 3.05) is 19.1 Å². The van der Waals surface area contributed by atoms with Crippen LogP contribution >= 0.6 is 0 Å². The summed E-state index contributed by atoms with van der Waals surface area (Å²) < 4.78 is 10.8. The molecule has 1 aromatic heterocycles. The highest BCUT2D eigenvalue weighted by Gasteiger charge is 2.33. The van der Waals surface area contributed by atoms with Gasteiger partial charge in [-0.15, -0.1) is 0 Å². The van der Waals surface area contributed by atoms with Gasteiger partial charge in [-0.25, -0.2) is 9.97 Å². The van der Waals surface area contributed by atoms with E-state index in [1.807, 2.05) is 18.2 Å². The van der Waals surface area contributed by atoms with Gasteiger partial charge in [0.25, 0.3) is 5.91 Å². The molecule has 0 aliphatic carbocycles. The normalized spacial score (nSPS) is 19.1. The van der Waals surface area contributed by atoms with E-state index < -0.39 is 0 Å². The molecule has 7 nitrogen and oxygen atoms in total. The molecule has 23 heavy (non-hydrogen) atoms. The van der Waals surface area contributed by atoms with Crippen LogP contribution in [0.2, 0.25) is 0 Å². The fraction of sp³-hybridized carbons (Fsp3) is 0.312. The second kappa shape index (κ2) is 5.42. The lowest BCUT2D eigenvalue weighted by atomic mass is 10.0. The lowest BCUT2D eigenvalue weighted by molar-refractivity contribution is 0.0730. The summed E-state index contributed by atoms with van der Waals surface area (Å²) in [5, 5.41) is 0. The second-order valence-electron chi connectivity index (χ2n) is 5.56. The summed E-state index contributed by atoms with van der Waals surface area (Å²) in [5.41, 5.74) is 7.03. The standard InChI is InChI=1S/C16H16N4O3/c17-15-14(18-5-6-19-15)16(21)20-7-1-2-11(20)10-3-4-12-13(8-10)23-9-22-12/h3-6,8,11H,1-2,7,9H2,(H2,17,19). The number of nitrogen functional groups attached to an aromatic ring is 1. The molecule has 2 aromatic rings. The number of aromatic nitrogens is 2. The van der Waals surface area contributed by atoms with Crippen LogP contribution in [0.5, 0.6) is 11.5 Å². The first-order valence-corrected chi connectivity index (χ1v) is 7.51. The van der Waals surface area contributed by atoms with Crippen LogP contribution in [-0.2, 0) is 0 Å². The molecular formula is C16H16N4O3. The third-order valence-corrected chi connectivity index (χ3v) is 4.22. The number of ether oxygens (including phenoxy) is 2. The molecule has 2 aliphatic heterocycles. The van der Waals surface area contributed by atoms with Gasteiger partial charge in [0.2, 0.25) is 6.79 Å². The Balaban J connectivity index is 1.64. The van der Waals surface area contributed by atoms with Crippen molar-refractivity contribution in [2.24, 2.45) is 0 Å². The fourth-order valence-corrected chi connectivity index (χ4v) is 3.13. The van der Waals surface area contributed by atoms with Gasteiger partial charge in [-0.2, -0.15) is 0 Å². The average Bonchev–Trinajstić information content (AvgIpc) is 3.23. The van der Waals surface area contributed by atoms with Gasteiger partial charge in [0.15, 0.2) is 23.0 Å². The third kappa shape index (κ3) is 2.34. The van der Waals surface area contributed by atoms with Crippen LogP contribution < -0.4 is 15.2 Å². The smallest absolute Gasteiger partial charge is 0.276 e. The maximum absolute atomic E-state index is 12.8. The van der Waals surface area contributed by atoms with Crippen molar-refractivity contribution in [3.8, 4) is 11.5 Å². The number of rotatable bonds is 2. The number of amides is 1. The minimum atomic E-state index is -0.184. The van der Waals surface area contributed by atoms with E-state index >= 15 is 0 Å². The number of hydrogen-bond donors (Lipinski definition) is 1. The summed E-state index contributed by atoms with van der Waals surface area (Å²) >= 11 is 0. The quantitative estimate of drug-likeness (QED) is 0.908. The number of nitrogens with zero attached hydrogens (tertiary/aromatic N) is 3. The Morgan fingerprint density at radius 3 is 2.91 bits per heavy atom. The summed E-state index contributed by atoms with van der Waals surface area (Å²) in [5.74, 6) is 1.44. The zero-order chi connectivity index (χ0) is 15.8. The number of carbonyl (C=O) groups excluding carboxylic acids is 1. The Kier molecular flexibility index (Phi) is 3.25. The molecule has 1 saturated heterocycles. The Morgan fingerprint density at radius 1 is 1.22 bits per heavy atom. The van der Waals surface area contributed by atoms with Crippen molar-refractivity contribution in [3.05, 3.63) is 41.9 Å². The van der Waals surface area contributed by atoms with Gasteiger partial charge < -0.3 is 20.1 Å². The topological polar surface area (TPSA) is 90.6 Å². The van der Waals surface area contributed by atoms with Crippen LogP contribution in [0, 0.1) is 0 Å². The number of benzene rings is 1. The van der Waals surface area contributed by atoms with E-state index in [2.05, 4.69) is 9.97 Å². The third-order valence-electron chi connectivity index (χ3n) is 4.22. The molecular weight excluding hydrogens is 296 g/mol. The Bertz CT molecular complexity index is 765. The van der Waals surface area contributed by atoms with E-state index in [1.54, 1.807) is 4.90 Å². The van der Waals surface area contributed by atoms with Crippen molar-refractivity contribution in [2.45, 2.75) is 18.9 Å². The molecule has 1 atom stereocenters. The lowest BCUT2D eigenvalue weighted by Crippen LogP contribution is -2.32. The van der Waals surface area contributed by atoms with Gasteiger partial charge in [-0.3, -0.25) is 4.79 Å². The van der Waals surface area contributed by atoms with E-state index in [-0.39, 0.29) is 30.3 Å². The molecule has 118 valence electrons. The summed E-state index contributed by atoms with van der Waals surface area (Å²) in [7, 11) is 0. The van der Waals surface area contributed by atoms with Crippen molar-refractivity contribution in [1.82, 2.24) is 14.9 Å². The highest BCUT2D eigenvalue weighted by molar-refractivity contribution is 5.96. The van der Waals surface area contributed by atoms with Crippen LogP contribution in [0.15, 0.2) is 30.6 Å². The number of nitrogens with two attached hydrogens (primary N) is 1. The van der Waals surface area contributed by atoms with Crippen LogP contribution in [0.25, 0.3) is 0 Å². The molecule has 2 N–H and O–H groups in total. The van der Waals surface area contributed by atoms with Gasteiger partial charge in [0.05, 0.1) is 6.04 Å². The molecule has 0 bridgehead atoms. The van der Waals surface area contributed by atoms with Gasteiger partial charge in [0.1, 0.15) is 0 Å². The summed E-state index contributed by atoms with van der Waals surface area (Å²) in [6.45, 7) is 0.913. The highest BCUT2D eigenvalue weighted by Crippen LogP contribution is 2.39. The Morgan fingerprint density at radius 2 is 2.04 bits per heavy atom. The molecule has 0 radical (unpaired) electrons. The number of likely N-dealkylation sites (tertiary alicyclic amines) is 1. The molecule has 4 rings (SSSR count). The molecule has 0 saturated carbocycles. The highest BCUT2D eigenvalue weighted by atomic mass is 16.7. The SMILES string of the molecule is Nc1nccnc1C(=O)N1CCCC1c1ccc2c(c1)OCO2. The minimum absolute atomic E-state index is 0.0154. The number of hydrogen-bond acceptors (Lipinski definition) is 6. The van der Waals surface area contributed by atoms with E-state index in [9.17, 15) is 4.79 Å². The second-order valence-corrected chi connectivity index (χ2v) is 5.56. The maximum Gasteiger partial charge on any atom is 0.276 e. The van der Waals surface area contributed by atoms with E-state index in [0.717, 1.165) is 29.9 Å². The monoisotopic (exact) mass is 312 g/mol. The number of fused-ring (bicyclic) bond motifs is 1. The van der Waals surface area contributed by atoms with Crippen molar-refractivity contribution in [1.29, 1.82) is 0 Å². The molecule has 1 fully saturated rings. The predicted molar refractivity (Wildman–Crippen MR) is 82.0 cm³/mol. The first-order valence-electron chi connectivity index (χ1n) is 7.51. The molecule has 2 aliphatic rings. The molecule has 1 amide bonds. The summed E-state index contributed by atoms with van der Waals surface area (Å²) in [6, 6.07) is 5.79. The number of anilines is 1. The first kappa shape index (κ1) is 13.8. The average molecular weight is 312 g/mol. The zero-order valence-corrected chi connectivity index (χ0v) is 12.4. The van der Waals surface area contributed by atoms with Crippen LogP contribution in [0.3, 0.4) is 0 Å². The van der Waals surface area contributed by atoms with E-state index in [0.29, 0.717) is 6.54 Å². The Hall–Kier alpha value is -2.83. The van der Waals surface area contributed by atoms with E-state index in [4.69, 9.17) is 15.2 Å². The lowest BCUT2D eigenvalue weighted by Gasteiger charge is -2.25. The maximum atomic E-state index is 12.8.